The van der Waals surface area contributed by atoms with Gasteiger partial charge in [0, 0.05) is 45.0 Å². The van der Waals surface area contributed by atoms with Crippen LogP contribution in [-0.2, 0) is 4.79 Å². The van der Waals surface area contributed by atoms with E-state index in [0.717, 1.165) is 12.1 Å². The molecule has 0 atom stereocenters. The average molecular weight is 360 g/mol. The first-order valence-corrected chi connectivity index (χ1v) is 8.17. The molecule has 1 aromatic carbocycles. The summed E-state index contributed by atoms with van der Waals surface area (Å²) in [5, 5.41) is 2.65. The first-order valence-electron chi connectivity index (χ1n) is 8.17. The summed E-state index contributed by atoms with van der Waals surface area (Å²) in [6, 6.07) is 6.54. The summed E-state index contributed by atoms with van der Waals surface area (Å²) >= 11 is 0. The third-order valence-corrected chi connectivity index (χ3v) is 4.22. The molecule has 1 aromatic heterocycles. The van der Waals surface area contributed by atoms with Crippen LogP contribution in [-0.4, -0.2) is 52.8 Å². The van der Waals surface area contributed by atoms with Crippen LogP contribution in [0.2, 0.25) is 0 Å². The van der Waals surface area contributed by atoms with Crippen molar-refractivity contribution in [3.05, 3.63) is 53.9 Å². The lowest BCUT2D eigenvalue weighted by Crippen LogP contribution is -2.50. The molecule has 0 saturated carbocycles. The monoisotopic (exact) mass is 360 g/mol. The van der Waals surface area contributed by atoms with Crippen LogP contribution in [0.5, 0.6) is 0 Å². The van der Waals surface area contributed by atoms with Gasteiger partial charge in [0.15, 0.2) is 0 Å². The molecule has 136 valence electrons. The van der Waals surface area contributed by atoms with Crippen molar-refractivity contribution in [2.45, 2.75) is 6.92 Å². The lowest BCUT2D eigenvalue weighted by molar-refractivity contribution is -0.130. The maximum Gasteiger partial charge on any atom is 0.272 e. The molecule has 2 heterocycles. The van der Waals surface area contributed by atoms with Crippen LogP contribution in [0.3, 0.4) is 0 Å². The Kier molecular flexibility index (Phi) is 5.11. The van der Waals surface area contributed by atoms with Gasteiger partial charge in [0.1, 0.15) is 23.0 Å². The van der Waals surface area contributed by atoms with Gasteiger partial charge in [-0.2, -0.15) is 0 Å². The molecule has 1 aliphatic heterocycles. The van der Waals surface area contributed by atoms with Crippen molar-refractivity contribution in [2.24, 2.45) is 0 Å². The number of aromatic nitrogens is 1. The Morgan fingerprint density at radius 2 is 1.65 bits per heavy atom. The molecule has 1 N–H and O–H groups in total. The molecular formula is C18H18F2N4O2. The molecule has 1 fully saturated rings. The maximum absolute atomic E-state index is 13.8. The van der Waals surface area contributed by atoms with Crippen LogP contribution in [0.1, 0.15) is 17.4 Å². The smallest absolute Gasteiger partial charge is 0.272 e. The summed E-state index contributed by atoms with van der Waals surface area (Å²) < 4.78 is 27.5. The molecule has 0 radical (unpaired) electrons. The van der Waals surface area contributed by atoms with Gasteiger partial charge in [-0.3, -0.25) is 14.6 Å². The number of anilines is 2. The minimum atomic E-state index is -0.727. The van der Waals surface area contributed by atoms with Gasteiger partial charge in [0.05, 0.1) is 0 Å². The van der Waals surface area contributed by atoms with E-state index in [2.05, 4.69) is 10.3 Å². The second kappa shape index (κ2) is 7.47. The predicted octanol–water partition coefficient (Wildman–Crippen LogP) is 2.41. The van der Waals surface area contributed by atoms with Crippen molar-refractivity contribution in [2.75, 3.05) is 31.5 Å². The molecule has 0 spiro atoms. The van der Waals surface area contributed by atoms with Crippen LogP contribution in [0.25, 0.3) is 0 Å². The highest BCUT2D eigenvalue weighted by atomic mass is 19.1. The normalized spacial score (nSPS) is 14.3. The molecule has 0 aliphatic carbocycles. The molecule has 1 saturated heterocycles. The molecule has 8 heteroatoms. The zero-order valence-corrected chi connectivity index (χ0v) is 14.2. The highest BCUT2D eigenvalue weighted by Crippen LogP contribution is 2.23. The Hall–Kier alpha value is -3.03. The van der Waals surface area contributed by atoms with Gasteiger partial charge in [-0.1, -0.05) is 6.07 Å². The summed E-state index contributed by atoms with van der Waals surface area (Å²) in [7, 11) is 0. The summed E-state index contributed by atoms with van der Waals surface area (Å²) in [5.74, 6) is -1.76. The number of hydrogen-bond donors (Lipinski definition) is 1. The number of amides is 2. The van der Waals surface area contributed by atoms with Crippen molar-refractivity contribution in [3.63, 3.8) is 0 Å². The highest BCUT2D eigenvalue weighted by Gasteiger charge is 2.24. The Morgan fingerprint density at radius 1 is 1.04 bits per heavy atom. The number of para-hydroxylation sites is 1. The van der Waals surface area contributed by atoms with E-state index >= 15 is 0 Å². The second-order valence-electron chi connectivity index (χ2n) is 5.95. The quantitative estimate of drug-likeness (QED) is 0.913. The number of nitrogens with one attached hydrogen (secondary N) is 1. The van der Waals surface area contributed by atoms with Crippen LogP contribution in [0, 0.1) is 11.6 Å². The molecule has 3 rings (SSSR count). The van der Waals surface area contributed by atoms with E-state index in [1.54, 1.807) is 9.80 Å². The fraction of sp³-hybridized carbons (Fsp3) is 0.278. The Balaban J connectivity index is 1.73. The Bertz CT molecular complexity index is 815. The zero-order chi connectivity index (χ0) is 18.7. The Labute approximate surface area is 149 Å². The van der Waals surface area contributed by atoms with Gasteiger partial charge in [0.25, 0.3) is 5.91 Å². The van der Waals surface area contributed by atoms with Crippen molar-refractivity contribution < 1.29 is 18.4 Å². The number of benzene rings is 1. The lowest BCUT2D eigenvalue weighted by atomic mass is 10.2. The van der Waals surface area contributed by atoms with E-state index in [-0.39, 0.29) is 23.2 Å². The van der Waals surface area contributed by atoms with Crippen molar-refractivity contribution >= 4 is 23.2 Å². The standard InChI is InChI=1S/C18H18F2N4O2/c1-12(25)23-7-9-24(10-8-23)18(26)16-11-13(5-6-21-16)22-17-14(19)3-2-4-15(17)20/h2-6,11H,7-10H2,1H3,(H,21,22). The molecule has 0 unspecified atom stereocenters. The number of hydrogen-bond acceptors (Lipinski definition) is 4. The van der Waals surface area contributed by atoms with Crippen molar-refractivity contribution in [1.29, 1.82) is 0 Å². The van der Waals surface area contributed by atoms with Gasteiger partial charge in [-0.15, -0.1) is 0 Å². The van der Waals surface area contributed by atoms with E-state index in [0.29, 0.717) is 31.9 Å². The van der Waals surface area contributed by atoms with Gasteiger partial charge in [0.2, 0.25) is 5.91 Å². The Morgan fingerprint density at radius 3 is 2.27 bits per heavy atom. The van der Waals surface area contributed by atoms with Crippen LogP contribution < -0.4 is 5.32 Å². The number of piperazine rings is 1. The van der Waals surface area contributed by atoms with Gasteiger partial charge < -0.3 is 15.1 Å². The lowest BCUT2D eigenvalue weighted by Gasteiger charge is -2.34. The molecule has 2 amide bonds. The number of rotatable bonds is 3. The highest BCUT2D eigenvalue weighted by molar-refractivity contribution is 5.93. The largest absolute Gasteiger partial charge is 0.351 e. The summed E-state index contributed by atoms with van der Waals surface area (Å²) in [5.41, 5.74) is 0.241. The average Bonchev–Trinajstić information content (AvgIpc) is 2.64. The number of halogens is 2. The summed E-state index contributed by atoms with van der Waals surface area (Å²) in [4.78, 5) is 31.3. The van der Waals surface area contributed by atoms with Crippen LogP contribution in [0.4, 0.5) is 20.2 Å². The van der Waals surface area contributed by atoms with E-state index in [9.17, 15) is 18.4 Å². The third kappa shape index (κ3) is 3.79. The van der Waals surface area contributed by atoms with E-state index < -0.39 is 11.6 Å². The fourth-order valence-corrected chi connectivity index (χ4v) is 2.77. The summed E-state index contributed by atoms with van der Waals surface area (Å²) in [6.07, 6.45) is 1.40. The third-order valence-electron chi connectivity index (χ3n) is 4.22. The van der Waals surface area contributed by atoms with Gasteiger partial charge in [-0.05, 0) is 24.3 Å². The van der Waals surface area contributed by atoms with E-state index in [1.165, 1.54) is 31.3 Å². The fourth-order valence-electron chi connectivity index (χ4n) is 2.77. The second-order valence-corrected chi connectivity index (χ2v) is 5.95. The molecule has 6 nitrogen and oxygen atoms in total. The predicted molar refractivity (Wildman–Crippen MR) is 92.0 cm³/mol. The molecule has 0 bridgehead atoms. The molecule has 1 aliphatic rings. The maximum atomic E-state index is 13.8. The topological polar surface area (TPSA) is 65.5 Å². The number of carbonyl (C=O) groups is 2. The van der Waals surface area contributed by atoms with Crippen LogP contribution in [0.15, 0.2) is 36.5 Å². The number of carbonyl (C=O) groups excluding carboxylic acids is 2. The zero-order valence-electron chi connectivity index (χ0n) is 14.2. The van der Waals surface area contributed by atoms with Gasteiger partial charge >= 0.3 is 0 Å². The van der Waals surface area contributed by atoms with Gasteiger partial charge in [-0.25, -0.2) is 8.78 Å². The first kappa shape index (κ1) is 17.8. The molecule has 2 aromatic rings. The molecule has 26 heavy (non-hydrogen) atoms. The van der Waals surface area contributed by atoms with Crippen molar-refractivity contribution in [3.8, 4) is 0 Å². The first-order chi connectivity index (χ1) is 12.5. The van der Waals surface area contributed by atoms with E-state index in [1.807, 2.05) is 0 Å². The van der Waals surface area contributed by atoms with Crippen LogP contribution >= 0.6 is 0 Å². The number of pyridine rings is 1. The van der Waals surface area contributed by atoms with E-state index in [4.69, 9.17) is 0 Å². The minimum absolute atomic E-state index is 0.0201. The minimum Gasteiger partial charge on any atom is -0.351 e. The summed E-state index contributed by atoms with van der Waals surface area (Å²) in [6.45, 7) is 3.27. The van der Waals surface area contributed by atoms with Crippen molar-refractivity contribution in [1.82, 2.24) is 14.8 Å². The SMILES string of the molecule is CC(=O)N1CCN(C(=O)c2cc(Nc3c(F)cccc3F)ccn2)CC1. The number of nitrogens with zero attached hydrogens (tertiary/aromatic N) is 3. The molecular weight excluding hydrogens is 342 g/mol.